The topological polar surface area (TPSA) is 66.8 Å². The molecule has 102 valence electrons. The molecule has 0 aromatic heterocycles. The quantitative estimate of drug-likeness (QED) is 0.900. The Bertz CT molecular complexity index is 486. The predicted octanol–water partition coefficient (Wildman–Crippen LogP) is 1.66. The van der Waals surface area contributed by atoms with E-state index in [4.69, 9.17) is 9.84 Å². The van der Waals surface area contributed by atoms with E-state index in [-0.39, 0.29) is 24.8 Å². The van der Waals surface area contributed by atoms with Crippen molar-refractivity contribution < 1.29 is 19.4 Å². The average Bonchev–Trinajstić information content (AvgIpc) is 2.56. The zero-order valence-electron chi connectivity index (χ0n) is 10.8. The molecule has 1 aliphatic heterocycles. The Morgan fingerprint density at radius 3 is 2.84 bits per heavy atom. The molecule has 5 nitrogen and oxygen atoms in total. The van der Waals surface area contributed by atoms with Crippen LogP contribution in [0, 0.1) is 0 Å². The SMILES string of the molecule is CC1COc2ccccc2CN1C(=O)CCC(=O)O. The highest BCUT2D eigenvalue weighted by atomic mass is 16.5. The number of carbonyl (C=O) groups is 2. The minimum absolute atomic E-state index is 0.0296. The molecule has 1 N–H and O–H groups in total. The summed E-state index contributed by atoms with van der Waals surface area (Å²) in [5, 5.41) is 8.64. The molecule has 0 bridgehead atoms. The van der Waals surface area contributed by atoms with Crippen molar-refractivity contribution in [2.45, 2.75) is 32.4 Å². The zero-order valence-corrected chi connectivity index (χ0v) is 10.8. The average molecular weight is 263 g/mol. The minimum atomic E-state index is -0.951. The Balaban J connectivity index is 2.11. The number of ether oxygens (including phenoxy) is 1. The van der Waals surface area contributed by atoms with Gasteiger partial charge in [-0.3, -0.25) is 9.59 Å². The second kappa shape index (κ2) is 5.73. The number of hydrogen-bond acceptors (Lipinski definition) is 3. The summed E-state index contributed by atoms with van der Waals surface area (Å²) < 4.78 is 5.66. The van der Waals surface area contributed by atoms with Gasteiger partial charge in [0.05, 0.1) is 12.5 Å². The van der Waals surface area contributed by atoms with Gasteiger partial charge >= 0.3 is 5.97 Å². The van der Waals surface area contributed by atoms with Gasteiger partial charge in [0.1, 0.15) is 12.4 Å². The Labute approximate surface area is 111 Å². The van der Waals surface area contributed by atoms with E-state index in [1.165, 1.54) is 0 Å². The first kappa shape index (κ1) is 13.4. The Hall–Kier alpha value is -2.04. The third kappa shape index (κ3) is 3.24. The van der Waals surface area contributed by atoms with Gasteiger partial charge in [-0.2, -0.15) is 0 Å². The fourth-order valence-corrected chi connectivity index (χ4v) is 2.11. The molecule has 0 spiro atoms. The highest BCUT2D eigenvalue weighted by Crippen LogP contribution is 2.25. The molecular formula is C14H17NO4. The predicted molar refractivity (Wildman–Crippen MR) is 68.8 cm³/mol. The summed E-state index contributed by atoms with van der Waals surface area (Å²) in [4.78, 5) is 24.3. The Kier molecular flexibility index (Phi) is 4.04. The fourth-order valence-electron chi connectivity index (χ4n) is 2.11. The summed E-state index contributed by atoms with van der Waals surface area (Å²) in [5.74, 6) is -0.300. The van der Waals surface area contributed by atoms with Crippen LogP contribution in [0.2, 0.25) is 0 Å². The second-order valence-corrected chi connectivity index (χ2v) is 4.68. The highest BCUT2D eigenvalue weighted by Gasteiger charge is 2.25. The van der Waals surface area contributed by atoms with Crippen molar-refractivity contribution in [1.82, 2.24) is 4.90 Å². The molecule has 1 aromatic carbocycles. The zero-order chi connectivity index (χ0) is 13.8. The summed E-state index contributed by atoms with van der Waals surface area (Å²) in [6, 6.07) is 7.54. The largest absolute Gasteiger partial charge is 0.491 e. The summed E-state index contributed by atoms with van der Waals surface area (Å²) >= 11 is 0. The third-order valence-electron chi connectivity index (χ3n) is 3.20. The maximum Gasteiger partial charge on any atom is 0.303 e. The first-order chi connectivity index (χ1) is 9.08. The molecular weight excluding hydrogens is 246 g/mol. The number of nitrogens with zero attached hydrogens (tertiary/aromatic N) is 1. The normalized spacial score (nSPS) is 18.2. The molecule has 0 aliphatic carbocycles. The van der Waals surface area contributed by atoms with Crippen molar-refractivity contribution in [3.8, 4) is 5.75 Å². The molecule has 1 aliphatic rings. The lowest BCUT2D eigenvalue weighted by Gasteiger charge is -2.26. The number of hydrogen-bond donors (Lipinski definition) is 1. The smallest absolute Gasteiger partial charge is 0.303 e. The summed E-state index contributed by atoms with van der Waals surface area (Å²) in [5.41, 5.74) is 0.954. The van der Waals surface area contributed by atoms with E-state index in [1.54, 1.807) is 4.90 Å². The number of aliphatic carboxylic acids is 1. The van der Waals surface area contributed by atoms with Crippen molar-refractivity contribution in [3.05, 3.63) is 29.8 Å². The van der Waals surface area contributed by atoms with Gasteiger partial charge in [-0.1, -0.05) is 18.2 Å². The molecule has 2 rings (SSSR count). The van der Waals surface area contributed by atoms with E-state index >= 15 is 0 Å². The lowest BCUT2D eigenvalue weighted by Crippen LogP contribution is -2.39. The first-order valence-corrected chi connectivity index (χ1v) is 6.30. The van der Waals surface area contributed by atoms with Crippen molar-refractivity contribution >= 4 is 11.9 Å². The van der Waals surface area contributed by atoms with Crippen LogP contribution in [-0.2, 0) is 16.1 Å². The molecule has 1 heterocycles. The lowest BCUT2D eigenvalue weighted by atomic mass is 10.1. The molecule has 0 saturated carbocycles. The van der Waals surface area contributed by atoms with E-state index in [1.807, 2.05) is 31.2 Å². The first-order valence-electron chi connectivity index (χ1n) is 6.30. The maximum absolute atomic E-state index is 12.1. The third-order valence-corrected chi connectivity index (χ3v) is 3.20. The van der Waals surface area contributed by atoms with Crippen LogP contribution in [0.1, 0.15) is 25.3 Å². The van der Waals surface area contributed by atoms with Gasteiger partial charge in [-0.05, 0) is 13.0 Å². The minimum Gasteiger partial charge on any atom is -0.491 e. The number of carboxylic acid groups (broad SMARTS) is 1. The standard InChI is InChI=1S/C14H17NO4/c1-10-9-19-12-5-3-2-4-11(12)8-15(10)13(16)6-7-14(17)18/h2-5,10H,6-9H2,1H3,(H,17,18). The molecule has 1 unspecified atom stereocenters. The molecule has 0 saturated heterocycles. The summed E-state index contributed by atoms with van der Waals surface area (Å²) in [6.45, 7) is 2.80. The second-order valence-electron chi connectivity index (χ2n) is 4.68. The van der Waals surface area contributed by atoms with Crippen molar-refractivity contribution in [2.24, 2.45) is 0 Å². The van der Waals surface area contributed by atoms with Gasteiger partial charge in [0.2, 0.25) is 5.91 Å². The fraction of sp³-hybridized carbons (Fsp3) is 0.429. The van der Waals surface area contributed by atoms with E-state index in [9.17, 15) is 9.59 Å². The van der Waals surface area contributed by atoms with Crippen molar-refractivity contribution in [2.75, 3.05) is 6.61 Å². The molecule has 5 heteroatoms. The maximum atomic E-state index is 12.1. The Morgan fingerprint density at radius 1 is 1.37 bits per heavy atom. The van der Waals surface area contributed by atoms with Crippen LogP contribution < -0.4 is 4.74 Å². The van der Waals surface area contributed by atoms with Crippen molar-refractivity contribution in [3.63, 3.8) is 0 Å². The van der Waals surface area contributed by atoms with E-state index in [2.05, 4.69) is 0 Å². The van der Waals surface area contributed by atoms with Crippen LogP contribution in [0.15, 0.2) is 24.3 Å². The van der Waals surface area contributed by atoms with Gasteiger partial charge in [0.25, 0.3) is 0 Å². The molecule has 19 heavy (non-hydrogen) atoms. The number of para-hydroxylation sites is 1. The van der Waals surface area contributed by atoms with Crippen LogP contribution in [0.4, 0.5) is 0 Å². The van der Waals surface area contributed by atoms with Crippen LogP contribution in [-0.4, -0.2) is 34.5 Å². The van der Waals surface area contributed by atoms with Gasteiger partial charge in [-0.25, -0.2) is 0 Å². The van der Waals surface area contributed by atoms with Gasteiger partial charge in [-0.15, -0.1) is 0 Å². The molecule has 0 fully saturated rings. The summed E-state index contributed by atoms with van der Waals surface area (Å²) in [6.07, 6.45) is -0.105. The van der Waals surface area contributed by atoms with Gasteiger partial charge < -0.3 is 14.7 Å². The van der Waals surface area contributed by atoms with E-state index < -0.39 is 5.97 Å². The molecule has 1 atom stereocenters. The molecule has 1 amide bonds. The number of carbonyl (C=O) groups excluding carboxylic acids is 1. The highest BCUT2D eigenvalue weighted by molar-refractivity contribution is 5.81. The van der Waals surface area contributed by atoms with Crippen molar-refractivity contribution in [1.29, 1.82) is 0 Å². The van der Waals surface area contributed by atoms with Crippen LogP contribution in [0.5, 0.6) is 5.75 Å². The van der Waals surface area contributed by atoms with Crippen LogP contribution >= 0.6 is 0 Å². The number of rotatable bonds is 3. The van der Waals surface area contributed by atoms with E-state index in [0.29, 0.717) is 13.2 Å². The number of amides is 1. The number of fused-ring (bicyclic) bond motifs is 1. The van der Waals surface area contributed by atoms with Crippen LogP contribution in [0.25, 0.3) is 0 Å². The summed E-state index contributed by atoms with van der Waals surface area (Å²) in [7, 11) is 0. The van der Waals surface area contributed by atoms with E-state index in [0.717, 1.165) is 11.3 Å². The number of benzene rings is 1. The Morgan fingerprint density at radius 2 is 2.11 bits per heavy atom. The molecule has 0 radical (unpaired) electrons. The van der Waals surface area contributed by atoms with Gasteiger partial charge in [0.15, 0.2) is 0 Å². The lowest BCUT2D eigenvalue weighted by molar-refractivity contribution is -0.142. The van der Waals surface area contributed by atoms with Gasteiger partial charge in [0, 0.05) is 18.5 Å². The molecule has 1 aromatic rings. The van der Waals surface area contributed by atoms with Crippen LogP contribution in [0.3, 0.4) is 0 Å². The number of carboxylic acids is 1. The monoisotopic (exact) mass is 263 g/mol.